The molecule has 1 aromatic heterocycles. The van der Waals surface area contributed by atoms with Gasteiger partial charge in [0.25, 0.3) is 11.3 Å². The van der Waals surface area contributed by atoms with Gasteiger partial charge >= 0.3 is 0 Å². The Hall–Kier alpha value is -2.11. The summed E-state index contributed by atoms with van der Waals surface area (Å²) in [5.41, 5.74) is 1.76. The van der Waals surface area contributed by atoms with Crippen LogP contribution in [0.15, 0.2) is 60.8 Å². The normalized spacial score (nSPS) is 12.4. The summed E-state index contributed by atoms with van der Waals surface area (Å²) in [4.78, 5) is 0. The van der Waals surface area contributed by atoms with Gasteiger partial charge in [0, 0.05) is 11.6 Å². The molecule has 2 aromatic carbocycles. The maximum absolute atomic E-state index is 11.2. The zero-order valence-electron chi connectivity index (χ0n) is 10.6. The zero-order chi connectivity index (χ0) is 13.9. The summed E-state index contributed by atoms with van der Waals surface area (Å²) in [5.74, 6) is 0.704. The van der Waals surface area contributed by atoms with Crippen LogP contribution in [-0.4, -0.2) is 12.7 Å². The lowest BCUT2D eigenvalue weighted by Gasteiger charge is -2.08. The number of hydrogen-bond acceptors (Lipinski definition) is 2. The lowest BCUT2D eigenvalue weighted by molar-refractivity contribution is 0.310. The molecule has 1 atom stereocenters. The number of aromatic nitrogens is 1. The van der Waals surface area contributed by atoms with Crippen LogP contribution in [0.25, 0.3) is 10.9 Å². The summed E-state index contributed by atoms with van der Waals surface area (Å²) in [5, 5.41) is 0.825. The SMILES string of the molecule is O=S(O)n1ccc2c(OCc3ccccc3)cccc21. The van der Waals surface area contributed by atoms with E-state index in [4.69, 9.17) is 4.74 Å². The number of hydrogen-bond donors (Lipinski definition) is 1. The quantitative estimate of drug-likeness (QED) is 0.750. The van der Waals surface area contributed by atoms with Gasteiger partial charge in [0.15, 0.2) is 0 Å². The zero-order valence-corrected chi connectivity index (χ0v) is 11.4. The smallest absolute Gasteiger partial charge is 0.266 e. The van der Waals surface area contributed by atoms with E-state index in [1.807, 2.05) is 42.5 Å². The molecule has 102 valence electrons. The first-order chi connectivity index (χ1) is 9.75. The van der Waals surface area contributed by atoms with Crippen LogP contribution in [0.2, 0.25) is 0 Å². The highest BCUT2D eigenvalue weighted by Gasteiger charge is 2.09. The summed E-state index contributed by atoms with van der Waals surface area (Å²) in [7, 11) is 0. The second kappa shape index (κ2) is 5.48. The molecule has 1 N–H and O–H groups in total. The summed E-state index contributed by atoms with van der Waals surface area (Å²) in [6.07, 6.45) is 1.58. The molecule has 4 nitrogen and oxygen atoms in total. The lowest BCUT2D eigenvalue weighted by atomic mass is 10.2. The number of nitrogens with zero attached hydrogens (tertiary/aromatic N) is 1. The van der Waals surface area contributed by atoms with Gasteiger partial charge in [-0.2, -0.15) is 0 Å². The second-order valence-corrected chi connectivity index (χ2v) is 5.19. The Morgan fingerprint density at radius 2 is 1.85 bits per heavy atom. The number of benzene rings is 2. The van der Waals surface area contributed by atoms with Crippen molar-refractivity contribution in [2.75, 3.05) is 0 Å². The summed E-state index contributed by atoms with van der Waals surface area (Å²) < 4.78 is 27.5. The Labute approximate surface area is 119 Å². The highest BCUT2D eigenvalue weighted by atomic mass is 32.2. The van der Waals surface area contributed by atoms with E-state index in [0.29, 0.717) is 17.9 Å². The highest BCUT2D eigenvalue weighted by Crippen LogP contribution is 2.27. The Morgan fingerprint density at radius 1 is 1.05 bits per heavy atom. The standard InChI is InChI=1S/C15H13NO3S/c17-20(18)16-10-9-13-14(16)7-4-8-15(13)19-11-12-5-2-1-3-6-12/h1-10H,11H2,(H,17,18). The van der Waals surface area contributed by atoms with E-state index in [-0.39, 0.29) is 0 Å². The van der Waals surface area contributed by atoms with Crippen molar-refractivity contribution >= 4 is 22.2 Å². The van der Waals surface area contributed by atoms with Crippen LogP contribution in [0.4, 0.5) is 0 Å². The third-order valence-corrected chi connectivity index (χ3v) is 3.72. The van der Waals surface area contributed by atoms with Crippen LogP contribution in [0.5, 0.6) is 5.75 Å². The van der Waals surface area contributed by atoms with Gasteiger partial charge in [-0.1, -0.05) is 36.4 Å². The van der Waals surface area contributed by atoms with E-state index in [2.05, 4.69) is 0 Å². The Kier molecular flexibility index (Phi) is 3.54. The molecule has 1 heterocycles. The predicted molar refractivity (Wildman–Crippen MR) is 78.9 cm³/mol. The summed E-state index contributed by atoms with van der Waals surface area (Å²) >= 11 is -2.06. The van der Waals surface area contributed by atoms with Crippen LogP contribution in [0.3, 0.4) is 0 Å². The minimum Gasteiger partial charge on any atom is -0.488 e. The van der Waals surface area contributed by atoms with E-state index in [0.717, 1.165) is 10.9 Å². The monoisotopic (exact) mass is 287 g/mol. The molecule has 0 fully saturated rings. The van der Waals surface area contributed by atoms with Crippen LogP contribution in [0.1, 0.15) is 5.56 Å². The van der Waals surface area contributed by atoms with Crippen LogP contribution in [0, 0.1) is 0 Å². The molecule has 0 saturated carbocycles. The minimum atomic E-state index is -2.06. The van der Waals surface area contributed by atoms with Gasteiger partial charge in [-0.05, 0) is 23.8 Å². The molecule has 1 unspecified atom stereocenters. The first kappa shape index (κ1) is 12.9. The third kappa shape index (κ3) is 2.45. The summed E-state index contributed by atoms with van der Waals surface area (Å²) in [6, 6.07) is 17.1. The van der Waals surface area contributed by atoms with Crippen molar-refractivity contribution in [1.82, 2.24) is 3.97 Å². The second-order valence-electron chi connectivity index (χ2n) is 4.34. The molecule has 0 spiro atoms. The molecule has 0 bridgehead atoms. The van der Waals surface area contributed by atoms with Crippen LogP contribution < -0.4 is 4.74 Å². The molecular weight excluding hydrogens is 274 g/mol. The topological polar surface area (TPSA) is 51.5 Å². The van der Waals surface area contributed by atoms with Gasteiger partial charge in [-0.25, -0.2) is 8.18 Å². The first-order valence-electron chi connectivity index (χ1n) is 6.14. The Morgan fingerprint density at radius 3 is 2.60 bits per heavy atom. The highest BCUT2D eigenvalue weighted by molar-refractivity contribution is 7.77. The molecule has 0 aliphatic heterocycles. The fraction of sp³-hybridized carbons (Fsp3) is 0.0667. The maximum Gasteiger partial charge on any atom is 0.266 e. The number of ether oxygens (including phenoxy) is 1. The number of fused-ring (bicyclic) bond motifs is 1. The van der Waals surface area contributed by atoms with Crippen molar-refractivity contribution in [3.8, 4) is 5.75 Å². The molecule has 3 rings (SSSR count). The van der Waals surface area contributed by atoms with Crippen molar-refractivity contribution in [1.29, 1.82) is 0 Å². The Balaban J connectivity index is 1.90. The first-order valence-corrected chi connectivity index (χ1v) is 7.20. The van der Waals surface area contributed by atoms with Crippen LogP contribution >= 0.6 is 0 Å². The molecule has 0 amide bonds. The molecule has 0 aliphatic rings. The van der Waals surface area contributed by atoms with Gasteiger partial charge in [0.2, 0.25) is 0 Å². The largest absolute Gasteiger partial charge is 0.488 e. The molecule has 20 heavy (non-hydrogen) atoms. The molecule has 5 heteroatoms. The van der Waals surface area contributed by atoms with E-state index >= 15 is 0 Å². The predicted octanol–water partition coefficient (Wildman–Crippen LogP) is 3.21. The summed E-state index contributed by atoms with van der Waals surface area (Å²) in [6.45, 7) is 0.466. The van der Waals surface area contributed by atoms with E-state index < -0.39 is 11.3 Å². The van der Waals surface area contributed by atoms with E-state index in [1.54, 1.807) is 18.3 Å². The average Bonchev–Trinajstić information content (AvgIpc) is 2.91. The van der Waals surface area contributed by atoms with Crippen molar-refractivity contribution in [3.05, 3.63) is 66.4 Å². The fourth-order valence-electron chi connectivity index (χ4n) is 2.11. The van der Waals surface area contributed by atoms with Crippen molar-refractivity contribution < 1.29 is 13.5 Å². The average molecular weight is 287 g/mol. The van der Waals surface area contributed by atoms with E-state index in [1.165, 1.54) is 3.97 Å². The number of rotatable bonds is 4. The van der Waals surface area contributed by atoms with Crippen molar-refractivity contribution in [3.63, 3.8) is 0 Å². The van der Waals surface area contributed by atoms with E-state index in [9.17, 15) is 8.76 Å². The molecule has 0 aliphatic carbocycles. The molecule has 0 radical (unpaired) electrons. The minimum absolute atomic E-state index is 0.466. The maximum atomic E-state index is 11.2. The molecular formula is C15H13NO3S. The van der Waals surface area contributed by atoms with Crippen LogP contribution in [-0.2, 0) is 17.9 Å². The Bertz CT molecular complexity index is 752. The van der Waals surface area contributed by atoms with Gasteiger partial charge in [-0.3, -0.25) is 4.55 Å². The molecule has 0 saturated heterocycles. The van der Waals surface area contributed by atoms with Gasteiger partial charge in [0.05, 0.1) is 5.52 Å². The van der Waals surface area contributed by atoms with Crippen molar-refractivity contribution in [2.24, 2.45) is 0 Å². The van der Waals surface area contributed by atoms with Crippen molar-refractivity contribution in [2.45, 2.75) is 6.61 Å². The fourth-order valence-corrected chi connectivity index (χ4v) is 2.60. The van der Waals surface area contributed by atoms with Gasteiger partial charge in [0.1, 0.15) is 12.4 Å². The van der Waals surface area contributed by atoms with Gasteiger partial charge < -0.3 is 4.74 Å². The molecule has 3 aromatic rings. The third-order valence-electron chi connectivity index (χ3n) is 3.06. The lowest BCUT2D eigenvalue weighted by Crippen LogP contribution is -2.00. The van der Waals surface area contributed by atoms with Gasteiger partial charge in [-0.15, -0.1) is 0 Å².